The number of rotatable bonds is 6. The van der Waals surface area contributed by atoms with Crippen molar-refractivity contribution < 1.29 is 19.4 Å². The van der Waals surface area contributed by atoms with E-state index >= 15 is 0 Å². The molecule has 0 saturated heterocycles. The van der Waals surface area contributed by atoms with Gasteiger partial charge < -0.3 is 14.6 Å². The van der Waals surface area contributed by atoms with Gasteiger partial charge in [-0.05, 0) is 30.2 Å². The lowest BCUT2D eigenvalue weighted by Gasteiger charge is -2.11. The van der Waals surface area contributed by atoms with E-state index in [1.165, 1.54) is 0 Å². The van der Waals surface area contributed by atoms with Crippen LogP contribution in [0.15, 0.2) is 54.6 Å². The Morgan fingerprint density at radius 2 is 1.76 bits per heavy atom. The van der Waals surface area contributed by atoms with Crippen molar-refractivity contribution in [1.82, 2.24) is 0 Å². The van der Waals surface area contributed by atoms with Crippen LogP contribution in [0, 0.1) is 0 Å². The second-order valence-electron chi connectivity index (χ2n) is 4.50. The number of hydrogen-bond acceptors (Lipinski definition) is 4. The molecule has 1 unspecified atom stereocenters. The first kappa shape index (κ1) is 15.1. The first-order valence-corrected chi connectivity index (χ1v) is 6.82. The third-order valence-corrected chi connectivity index (χ3v) is 2.95. The van der Waals surface area contributed by atoms with E-state index in [0.29, 0.717) is 17.9 Å². The highest BCUT2D eigenvalue weighted by atomic mass is 16.5. The van der Waals surface area contributed by atoms with Crippen LogP contribution < -0.4 is 4.74 Å². The van der Waals surface area contributed by atoms with Gasteiger partial charge in [-0.15, -0.1) is 0 Å². The minimum atomic E-state index is -1.26. The monoisotopic (exact) mass is 286 g/mol. The SMILES string of the molecule is CCOC(=O)C(O)c1ccc(OCc2ccccc2)cc1. The van der Waals surface area contributed by atoms with Crippen molar-refractivity contribution in [2.24, 2.45) is 0 Å². The zero-order chi connectivity index (χ0) is 15.1. The van der Waals surface area contributed by atoms with E-state index in [1.54, 1.807) is 31.2 Å². The van der Waals surface area contributed by atoms with Gasteiger partial charge in [-0.3, -0.25) is 0 Å². The Morgan fingerprint density at radius 3 is 2.38 bits per heavy atom. The van der Waals surface area contributed by atoms with Gasteiger partial charge in [0, 0.05) is 0 Å². The number of aliphatic hydroxyl groups is 1. The van der Waals surface area contributed by atoms with Crippen molar-refractivity contribution in [3.63, 3.8) is 0 Å². The van der Waals surface area contributed by atoms with Gasteiger partial charge in [0.25, 0.3) is 0 Å². The van der Waals surface area contributed by atoms with Crippen LogP contribution in [0.3, 0.4) is 0 Å². The summed E-state index contributed by atoms with van der Waals surface area (Å²) in [4.78, 5) is 11.4. The van der Waals surface area contributed by atoms with Crippen LogP contribution in [0.4, 0.5) is 0 Å². The predicted molar refractivity (Wildman–Crippen MR) is 78.8 cm³/mol. The summed E-state index contributed by atoms with van der Waals surface area (Å²) in [6, 6.07) is 16.6. The minimum Gasteiger partial charge on any atom is -0.489 e. The lowest BCUT2D eigenvalue weighted by Crippen LogP contribution is -2.15. The highest BCUT2D eigenvalue weighted by Gasteiger charge is 2.18. The molecule has 0 radical (unpaired) electrons. The van der Waals surface area contributed by atoms with Gasteiger partial charge in [0.05, 0.1) is 6.61 Å². The quantitative estimate of drug-likeness (QED) is 0.830. The summed E-state index contributed by atoms with van der Waals surface area (Å²) in [5.74, 6) is 0.0362. The van der Waals surface area contributed by atoms with Gasteiger partial charge in [-0.2, -0.15) is 0 Å². The summed E-state index contributed by atoms with van der Waals surface area (Å²) < 4.78 is 10.4. The standard InChI is InChI=1S/C17H18O4/c1-2-20-17(19)16(18)14-8-10-15(11-9-14)21-12-13-6-4-3-5-7-13/h3-11,16,18H,2,12H2,1H3. The Bertz CT molecular complexity index is 563. The second kappa shape index (κ2) is 7.45. The zero-order valence-corrected chi connectivity index (χ0v) is 11.9. The molecular formula is C17H18O4. The number of esters is 1. The van der Waals surface area contributed by atoms with Crippen LogP contribution in [0.1, 0.15) is 24.2 Å². The number of ether oxygens (including phenoxy) is 2. The fourth-order valence-corrected chi connectivity index (χ4v) is 1.84. The number of carbonyl (C=O) groups excluding carboxylic acids is 1. The number of benzene rings is 2. The Labute approximate surface area is 123 Å². The summed E-state index contributed by atoms with van der Waals surface area (Å²) in [6.07, 6.45) is -1.26. The van der Waals surface area contributed by atoms with E-state index in [-0.39, 0.29) is 6.61 Å². The molecule has 2 aromatic carbocycles. The topological polar surface area (TPSA) is 55.8 Å². The minimum absolute atomic E-state index is 0.244. The molecule has 1 atom stereocenters. The highest BCUT2D eigenvalue weighted by Crippen LogP contribution is 2.19. The Balaban J connectivity index is 1.94. The normalized spacial score (nSPS) is 11.7. The van der Waals surface area contributed by atoms with Crippen LogP contribution in [0.5, 0.6) is 5.75 Å². The molecule has 0 aliphatic rings. The fourth-order valence-electron chi connectivity index (χ4n) is 1.84. The summed E-state index contributed by atoms with van der Waals surface area (Å²) in [5.41, 5.74) is 1.56. The highest BCUT2D eigenvalue weighted by molar-refractivity contribution is 5.76. The Kier molecular flexibility index (Phi) is 5.35. The van der Waals surface area contributed by atoms with Gasteiger partial charge >= 0.3 is 5.97 Å². The summed E-state index contributed by atoms with van der Waals surface area (Å²) in [6.45, 7) is 2.42. The van der Waals surface area contributed by atoms with Crippen molar-refractivity contribution in [2.75, 3.05) is 6.61 Å². The molecule has 0 bridgehead atoms. The van der Waals surface area contributed by atoms with E-state index in [9.17, 15) is 9.90 Å². The van der Waals surface area contributed by atoms with Gasteiger partial charge in [-0.25, -0.2) is 4.79 Å². The molecule has 0 amide bonds. The van der Waals surface area contributed by atoms with Gasteiger partial charge in [0.2, 0.25) is 0 Å². The summed E-state index contributed by atoms with van der Waals surface area (Å²) in [5, 5.41) is 9.80. The molecule has 1 N–H and O–H groups in total. The van der Waals surface area contributed by atoms with E-state index in [4.69, 9.17) is 9.47 Å². The number of hydrogen-bond donors (Lipinski definition) is 1. The molecule has 0 aliphatic carbocycles. The maximum absolute atomic E-state index is 11.4. The largest absolute Gasteiger partial charge is 0.489 e. The van der Waals surface area contributed by atoms with Crippen LogP contribution in [0.25, 0.3) is 0 Å². The van der Waals surface area contributed by atoms with Crippen molar-refractivity contribution in [2.45, 2.75) is 19.6 Å². The van der Waals surface area contributed by atoms with Crippen LogP contribution in [-0.2, 0) is 16.1 Å². The van der Waals surface area contributed by atoms with Crippen molar-refractivity contribution in [3.05, 3.63) is 65.7 Å². The molecule has 2 aromatic rings. The predicted octanol–water partition coefficient (Wildman–Crippen LogP) is 2.86. The molecule has 110 valence electrons. The van der Waals surface area contributed by atoms with E-state index in [0.717, 1.165) is 5.56 Å². The summed E-state index contributed by atoms with van der Waals surface area (Å²) >= 11 is 0. The van der Waals surface area contributed by atoms with Gasteiger partial charge in [-0.1, -0.05) is 42.5 Å². The van der Waals surface area contributed by atoms with E-state index in [1.807, 2.05) is 30.3 Å². The van der Waals surface area contributed by atoms with E-state index in [2.05, 4.69) is 0 Å². The first-order valence-electron chi connectivity index (χ1n) is 6.82. The molecule has 0 fully saturated rings. The van der Waals surface area contributed by atoms with E-state index < -0.39 is 12.1 Å². The van der Waals surface area contributed by atoms with Crippen molar-refractivity contribution in [1.29, 1.82) is 0 Å². The molecule has 21 heavy (non-hydrogen) atoms. The number of aliphatic hydroxyl groups excluding tert-OH is 1. The number of carbonyl (C=O) groups is 1. The molecule has 0 aromatic heterocycles. The maximum Gasteiger partial charge on any atom is 0.339 e. The molecule has 4 heteroatoms. The first-order chi connectivity index (χ1) is 10.2. The third-order valence-electron chi connectivity index (χ3n) is 2.95. The van der Waals surface area contributed by atoms with Crippen LogP contribution in [-0.4, -0.2) is 17.7 Å². The molecular weight excluding hydrogens is 268 g/mol. The third kappa shape index (κ3) is 4.33. The smallest absolute Gasteiger partial charge is 0.339 e. The maximum atomic E-state index is 11.4. The molecule has 0 heterocycles. The Hall–Kier alpha value is -2.33. The average Bonchev–Trinajstić information content (AvgIpc) is 2.54. The summed E-state index contributed by atoms with van der Waals surface area (Å²) in [7, 11) is 0. The second-order valence-corrected chi connectivity index (χ2v) is 4.50. The fraction of sp³-hybridized carbons (Fsp3) is 0.235. The molecule has 2 rings (SSSR count). The molecule has 0 saturated carbocycles. The van der Waals surface area contributed by atoms with Crippen molar-refractivity contribution in [3.8, 4) is 5.75 Å². The lowest BCUT2D eigenvalue weighted by molar-refractivity contribution is -0.153. The van der Waals surface area contributed by atoms with Crippen LogP contribution in [0.2, 0.25) is 0 Å². The van der Waals surface area contributed by atoms with Gasteiger partial charge in [0.1, 0.15) is 12.4 Å². The molecule has 4 nitrogen and oxygen atoms in total. The Morgan fingerprint density at radius 1 is 1.10 bits per heavy atom. The van der Waals surface area contributed by atoms with Crippen LogP contribution >= 0.6 is 0 Å². The van der Waals surface area contributed by atoms with Gasteiger partial charge in [0.15, 0.2) is 6.10 Å². The zero-order valence-electron chi connectivity index (χ0n) is 11.9. The van der Waals surface area contributed by atoms with Crippen molar-refractivity contribution >= 4 is 5.97 Å². The molecule has 0 spiro atoms. The average molecular weight is 286 g/mol. The lowest BCUT2D eigenvalue weighted by atomic mass is 10.1. The molecule has 0 aliphatic heterocycles.